The number of halogens is 3. The lowest BCUT2D eigenvalue weighted by Gasteiger charge is -2.34. The minimum Gasteiger partial charge on any atom is -0.354 e. The molecule has 0 saturated carbocycles. The Labute approximate surface area is 257 Å². The third-order valence-electron chi connectivity index (χ3n) is 6.43. The molecule has 3 aromatic rings. The van der Waals surface area contributed by atoms with Gasteiger partial charge in [-0.15, -0.1) is 0 Å². The number of hydrogen-bond donors (Lipinski definition) is 1. The predicted octanol–water partition coefficient (Wildman–Crippen LogP) is 6.13. The Bertz CT molecular complexity index is 1480. The number of nitrogens with one attached hydrogen (secondary N) is 1. The molecule has 7 nitrogen and oxygen atoms in total. The van der Waals surface area contributed by atoms with Gasteiger partial charge in [-0.3, -0.25) is 13.9 Å². The van der Waals surface area contributed by atoms with E-state index < -0.39 is 28.5 Å². The second kappa shape index (κ2) is 14.4. The quantitative estimate of drug-likeness (QED) is 0.259. The van der Waals surface area contributed by atoms with Gasteiger partial charge in [-0.25, -0.2) is 8.42 Å². The third-order valence-corrected chi connectivity index (χ3v) is 8.57. The van der Waals surface area contributed by atoms with Gasteiger partial charge in [-0.2, -0.15) is 0 Å². The van der Waals surface area contributed by atoms with Crippen molar-refractivity contribution in [2.75, 3.05) is 23.7 Å². The summed E-state index contributed by atoms with van der Waals surface area (Å²) < 4.78 is 26.8. The molecule has 1 unspecified atom stereocenters. The van der Waals surface area contributed by atoms with Crippen molar-refractivity contribution in [1.82, 2.24) is 10.2 Å². The Morgan fingerprint density at radius 3 is 2.20 bits per heavy atom. The maximum atomic E-state index is 14.1. The number of aryl methyl sites for hydroxylation is 1. The number of nitrogens with zero attached hydrogens (tertiary/aromatic N) is 2. The first-order valence-corrected chi connectivity index (χ1v) is 16.0. The fraction of sp³-hybridized carbons (Fsp3) is 0.333. The van der Waals surface area contributed by atoms with Crippen LogP contribution in [0.15, 0.2) is 66.7 Å². The second-order valence-corrected chi connectivity index (χ2v) is 13.5. The average Bonchev–Trinajstić information content (AvgIpc) is 2.90. The van der Waals surface area contributed by atoms with E-state index in [1.54, 1.807) is 37.3 Å². The molecular weight excluding hydrogens is 605 g/mol. The number of carbonyl (C=O) groups excluding carboxylic acids is 2. The van der Waals surface area contributed by atoms with E-state index in [2.05, 4.69) is 5.32 Å². The van der Waals surface area contributed by atoms with Gasteiger partial charge in [0, 0.05) is 34.6 Å². The molecular formula is C30H34Cl3N3O4S. The zero-order valence-electron chi connectivity index (χ0n) is 23.4. The van der Waals surface area contributed by atoms with E-state index in [4.69, 9.17) is 34.8 Å². The molecule has 0 spiro atoms. The van der Waals surface area contributed by atoms with Gasteiger partial charge in [0.1, 0.15) is 12.6 Å². The third kappa shape index (κ3) is 9.36. The molecule has 0 fully saturated rings. The molecule has 0 aromatic heterocycles. The summed E-state index contributed by atoms with van der Waals surface area (Å²) in [7, 11) is -3.91. The van der Waals surface area contributed by atoms with Crippen LogP contribution < -0.4 is 9.62 Å². The van der Waals surface area contributed by atoms with Gasteiger partial charge in [0.05, 0.1) is 11.9 Å². The minimum atomic E-state index is -3.91. The molecule has 0 heterocycles. The number of rotatable bonds is 12. The zero-order chi connectivity index (χ0) is 30.3. The topological polar surface area (TPSA) is 86.8 Å². The van der Waals surface area contributed by atoms with Crippen molar-refractivity contribution in [3.63, 3.8) is 0 Å². The molecule has 1 atom stereocenters. The maximum absolute atomic E-state index is 14.1. The number of carbonyl (C=O) groups is 2. The molecule has 3 aromatic carbocycles. The molecule has 0 aliphatic rings. The first-order valence-electron chi connectivity index (χ1n) is 13.0. The highest BCUT2D eigenvalue weighted by molar-refractivity contribution is 7.92. The Morgan fingerprint density at radius 2 is 1.61 bits per heavy atom. The first-order chi connectivity index (χ1) is 19.3. The Morgan fingerprint density at radius 1 is 0.927 bits per heavy atom. The normalized spacial score (nSPS) is 12.2. The summed E-state index contributed by atoms with van der Waals surface area (Å²) in [5.74, 6) is -0.762. The molecule has 0 aliphatic heterocycles. The smallest absolute Gasteiger partial charge is 0.244 e. The second-order valence-electron chi connectivity index (χ2n) is 10.3. The van der Waals surface area contributed by atoms with Gasteiger partial charge >= 0.3 is 0 Å². The number of hydrogen-bond acceptors (Lipinski definition) is 4. The van der Waals surface area contributed by atoms with Crippen LogP contribution in [0.25, 0.3) is 0 Å². The number of benzene rings is 3. The van der Waals surface area contributed by atoms with Crippen LogP contribution in [-0.2, 0) is 32.6 Å². The first kappa shape index (κ1) is 32.7. The Hall–Kier alpha value is -2.78. The molecule has 0 saturated heterocycles. The molecule has 41 heavy (non-hydrogen) atoms. The maximum Gasteiger partial charge on any atom is 0.244 e. The zero-order valence-corrected chi connectivity index (χ0v) is 26.5. The fourth-order valence-electron chi connectivity index (χ4n) is 4.16. The van der Waals surface area contributed by atoms with Crippen LogP contribution in [0.2, 0.25) is 15.1 Å². The molecule has 0 bridgehead atoms. The van der Waals surface area contributed by atoms with Crippen molar-refractivity contribution in [3.05, 3.63) is 98.5 Å². The fourth-order valence-corrected chi connectivity index (χ4v) is 5.65. The molecule has 11 heteroatoms. The van der Waals surface area contributed by atoms with E-state index in [0.29, 0.717) is 27.2 Å². The summed E-state index contributed by atoms with van der Waals surface area (Å²) in [6.45, 7) is 5.55. The summed E-state index contributed by atoms with van der Waals surface area (Å²) >= 11 is 18.9. The summed E-state index contributed by atoms with van der Waals surface area (Å²) in [6, 6.07) is 18.0. The lowest BCUT2D eigenvalue weighted by atomic mass is 10.0. The molecule has 0 radical (unpaired) electrons. The highest BCUT2D eigenvalue weighted by Crippen LogP contribution is 2.27. The van der Waals surface area contributed by atoms with E-state index in [9.17, 15) is 18.0 Å². The predicted molar refractivity (Wildman–Crippen MR) is 167 cm³/mol. The van der Waals surface area contributed by atoms with Crippen LogP contribution in [-0.4, -0.2) is 50.5 Å². The summed E-state index contributed by atoms with van der Waals surface area (Å²) in [4.78, 5) is 29.2. The van der Waals surface area contributed by atoms with Gasteiger partial charge in [0.25, 0.3) is 0 Å². The van der Waals surface area contributed by atoms with Crippen molar-refractivity contribution < 1.29 is 18.0 Å². The minimum absolute atomic E-state index is 0.0479. The number of amides is 2. The lowest BCUT2D eigenvalue weighted by Crippen LogP contribution is -2.53. The summed E-state index contributed by atoms with van der Waals surface area (Å²) in [6.07, 6.45) is 1.22. The van der Waals surface area contributed by atoms with Crippen LogP contribution in [0.1, 0.15) is 30.5 Å². The highest BCUT2D eigenvalue weighted by Gasteiger charge is 2.33. The SMILES string of the molecule is Cc1ccc(N(CC(=O)N(Cc2ccc(Cl)cc2Cl)C(Cc2ccccc2)C(=O)NCC(C)C)S(C)(=O)=O)cc1Cl. The molecule has 1 N–H and O–H groups in total. The summed E-state index contributed by atoms with van der Waals surface area (Å²) in [5.41, 5.74) is 2.40. The largest absolute Gasteiger partial charge is 0.354 e. The Kier molecular flexibility index (Phi) is 11.5. The van der Waals surface area contributed by atoms with E-state index >= 15 is 0 Å². The van der Waals surface area contributed by atoms with Gasteiger partial charge in [0.2, 0.25) is 21.8 Å². The van der Waals surface area contributed by atoms with Crippen LogP contribution in [0.5, 0.6) is 0 Å². The van der Waals surface area contributed by atoms with E-state index in [1.165, 1.54) is 11.0 Å². The molecule has 3 rings (SSSR count). The highest BCUT2D eigenvalue weighted by atomic mass is 35.5. The monoisotopic (exact) mass is 637 g/mol. The standard InChI is InChI=1S/C30H34Cl3N3O4S/c1-20(2)17-34-30(38)28(14-22-8-6-5-7-9-22)35(18-23-11-12-24(31)15-27(23)33)29(37)19-36(41(4,39)40)25-13-10-21(3)26(32)16-25/h5-13,15-16,20,28H,14,17-19H2,1-4H3,(H,34,38). The average molecular weight is 639 g/mol. The van der Waals surface area contributed by atoms with E-state index in [-0.39, 0.29) is 30.5 Å². The molecule has 0 aliphatic carbocycles. The van der Waals surface area contributed by atoms with Crippen molar-refractivity contribution >= 4 is 62.3 Å². The summed E-state index contributed by atoms with van der Waals surface area (Å²) in [5, 5.41) is 4.05. The van der Waals surface area contributed by atoms with Crippen molar-refractivity contribution in [2.24, 2.45) is 5.92 Å². The lowest BCUT2D eigenvalue weighted by molar-refractivity contribution is -0.140. The van der Waals surface area contributed by atoms with Gasteiger partial charge in [-0.05, 0) is 53.8 Å². The molecule has 220 valence electrons. The Balaban J connectivity index is 2.08. The van der Waals surface area contributed by atoms with Crippen LogP contribution in [0.3, 0.4) is 0 Å². The van der Waals surface area contributed by atoms with Crippen LogP contribution in [0, 0.1) is 12.8 Å². The van der Waals surface area contributed by atoms with E-state index in [1.807, 2.05) is 44.2 Å². The van der Waals surface area contributed by atoms with Gasteiger partial charge < -0.3 is 10.2 Å². The van der Waals surface area contributed by atoms with Gasteiger partial charge in [-0.1, -0.05) is 91.1 Å². The van der Waals surface area contributed by atoms with Crippen molar-refractivity contribution in [2.45, 2.75) is 39.8 Å². The number of anilines is 1. The van der Waals surface area contributed by atoms with Crippen LogP contribution in [0.4, 0.5) is 5.69 Å². The molecule has 2 amide bonds. The van der Waals surface area contributed by atoms with E-state index in [0.717, 1.165) is 21.7 Å². The number of sulfonamides is 1. The van der Waals surface area contributed by atoms with Crippen LogP contribution >= 0.6 is 34.8 Å². The van der Waals surface area contributed by atoms with Crippen molar-refractivity contribution in [3.8, 4) is 0 Å². The van der Waals surface area contributed by atoms with Gasteiger partial charge in [0.15, 0.2) is 0 Å². The van der Waals surface area contributed by atoms with Crippen molar-refractivity contribution in [1.29, 1.82) is 0 Å².